The van der Waals surface area contributed by atoms with E-state index in [9.17, 15) is 0 Å². The fraction of sp³-hybridized carbons (Fsp3) is 0.200. The third-order valence-corrected chi connectivity index (χ3v) is 2.91. The summed E-state index contributed by atoms with van der Waals surface area (Å²) in [5, 5.41) is 12.2. The molecule has 0 aliphatic rings. The summed E-state index contributed by atoms with van der Waals surface area (Å²) < 4.78 is 0. The Labute approximate surface area is 107 Å². The number of rotatable bonds is 3. The molecule has 0 amide bonds. The van der Waals surface area contributed by atoms with Crippen LogP contribution in [0.3, 0.4) is 0 Å². The molecule has 1 heterocycles. The highest BCUT2D eigenvalue weighted by Crippen LogP contribution is 2.21. The molecule has 0 radical (unpaired) electrons. The Kier molecular flexibility index (Phi) is 3.59. The van der Waals surface area contributed by atoms with E-state index in [1.807, 2.05) is 12.1 Å². The highest BCUT2D eigenvalue weighted by Gasteiger charge is 2.08. The number of nitrogens with zero attached hydrogens (tertiary/aromatic N) is 2. The average Bonchev–Trinajstić information content (AvgIpc) is 2.39. The predicted molar refractivity (Wildman–Crippen MR) is 72.2 cm³/mol. The molecule has 1 unspecified atom stereocenters. The third kappa shape index (κ3) is 2.67. The van der Waals surface area contributed by atoms with Crippen LogP contribution in [-0.4, -0.2) is 4.98 Å². The highest BCUT2D eigenvalue weighted by atomic mass is 15.0. The predicted octanol–water partition coefficient (Wildman–Crippen LogP) is 3.43. The van der Waals surface area contributed by atoms with Crippen LogP contribution in [0.2, 0.25) is 0 Å². The molecule has 0 saturated heterocycles. The van der Waals surface area contributed by atoms with E-state index in [0.29, 0.717) is 5.56 Å². The zero-order chi connectivity index (χ0) is 13.0. The van der Waals surface area contributed by atoms with E-state index in [0.717, 1.165) is 5.82 Å². The molecule has 0 aliphatic heterocycles. The van der Waals surface area contributed by atoms with Gasteiger partial charge in [-0.05, 0) is 37.1 Å². The topological polar surface area (TPSA) is 48.7 Å². The lowest BCUT2D eigenvalue weighted by atomic mass is 10.0. The molecule has 18 heavy (non-hydrogen) atoms. The number of nitriles is 1. The van der Waals surface area contributed by atoms with Crippen molar-refractivity contribution in [2.75, 3.05) is 5.32 Å². The molecule has 0 saturated carbocycles. The summed E-state index contributed by atoms with van der Waals surface area (Å²) in [5.41, 5.74) is 3.10. The van der Waals surface area contributed by atoms with Crippen LogP contribution in [0, 0.1) is 18.3 Å². The van der Waals surface area contributed by atoms with Crippen molar-refractivity contribution in [1.29, 1.82) is 5.26 Å². The van der Waals surface area contributed by atoms with E-state index in [2.05, 4.69) is 42.4 Å². The van der Waals surface area contributed by atoms with E-state index in [1.54, 1.807) is 18.3 Å². The van der Waals surface area contributed by atoms with Crippen molar-refractivity contribution in [2.24, 2.45) is 0 Å². The van der Waals surface area contributed by atoms with Gasteiger partial charge < -0.3 is 5.32 Å². The van der Waals surface area contributed by atoms with Gasteiger partial charge in [-0.2, -0.15) is 5.26 Å². The number of aromatic nitrogens is 1. The first-order valence-corrected chi connectivity index (χ1v) is 5.89. The fourth-order valence-electron chi connectivity index (χ4n) is 1.95. The number of aryl methyl sites for hydroxylation is 1. The standard InChI is InChI=1S/C15H15N3/c1-11-5-3-4-6-14(11)12(2)18-15-9-13(10-16)7-8-17-15/h3-9,12H,1-2H3,(H,17,18). The second kappa shape index (κ2) is 5.33. The summed E-state index contributed by atoms with van der Waals surface area (Å²) in [6, 6.07) is 14.0. The monoisotopic (exact) mass is 237 g/mol. The largest absolute Gasteiger partial charge is 0.364 e. The quantitative estimate of drug-likeness (QED) is 0.889. The number of anilines is 1. The molecule has 1 aromatic heterocycles. The van der Waals surface area contributed by atoms with Gasteiger partial charge in [-0.25, -0.2) is 4.98 Å². The second-order valence-electron chi connectivity index (χ2n) is 4.26. The van der Waals surface area contributed by atoms with Gasteiger partial charge in [-0.15, -0.1) is 0 Å². The summed E-state index contributed by atoms with van der Waals surface area (Å²) in [5.74, 6) is 0.727. The summed E-state index contributed by atoms with van der Waals surface area (Å²) in [4.78, 5) is 4.22. The highest BCUT2D eigenvalue weighted by molar-refractivity contribution is 5.45. The van der Waals surface area contributed by atoms with Gasteiger partial charge in [-0.3, -0.25) is 0 Å². The maximum Gasteiger partial charge on any atom is 0.127 e. The van der Waals surface area contributed by atoms with E-state index in [4.69, 9.17) is 5.26 Å². The van der Waals surface area contributed by atoms with Crippen molar-refractivity contribution in [3.8, 4) is 6.07 Å². The van der Waals surface area contributed by atoms with E-state index >= 15 is 0 Å². The van der Waals surface area contributed by atoms with Crippen molar-refractivity contribution in [3.63, 3.8) is 0 Å². The maximum absolute atomic E-state index is 8.85. The fourth-order valence-corrected chi connectivity index (χ4v) is 1.95. The summed E-state index contributed by atoms with van der Waals surface area (Å²) in [7, 11) is 0. The van der Waals surface area contributed by atoms with Crippen LogP contribution in [0.25, 0.3) is 0 Å². The van der Waals surface area contributed by atoms with Gasteiger partial charge in [0, 0.05) is 6.20 Å². The van der Waals surface area contributed by atoms with Crippen molar-refractivity contribution < 1.29 is 0 Å². The minimum atomic E-state index is 0.160. The Balaban J connectivity index is 2.19. The molecule has 90 valence electrons. The number of hydrogen-bond donors (Lipinski definition) is 1. The lowest BCUT2D eigenvalue weighted by molar-refractivity contribution is 0.864. The summed E-state index contributed by atoms with van der Waals surface area (Å²) in [6.45, 7) is 4.18. The van der Waals surface area contributed by atoms with Gasteiger partial charge >= 0.3 is 0 Å². The van der Waals surface area contributed by atoms with Gasteiger partial charge in [0.15, 0.2) is 0 Å². The van der Waals surface area contributed by atoms with Crippen LogP contribution in [-0.2, 0) is 0 Å². The lowest BCUT2D eigenvalue weighted by Crippen LogP contribution is -2.09. The first-order chi connectivity index (χ1) is 8.70. The van der Waals surface area contributed by atoms with Crippen LogP contribution in [0.1, 0.15) is 29.7 Å². The van der Waals surface area contributed by atoms with Crippen molar-refractivity contribution in [1.82, 2.24) is 4.98 Å². The molecule has 0 spiro atoms. The number of nitrogens with one attached hydrogen (secondary N) is 1. The molecular formula is C15H15N3. The second-order valence-corrected chi connectivity index (χ2v) is 4.26. The number of benzene rings is 1. The van der Waals surface area contributed by atoms with Crippen molar-refractivity contribution in [2.45, 2.75) is 19.9 Å². The molecule has 0 aliphatic carbocycles. The van der Waals surface area contributed by atoms with E-state index < -0.39 is 0 Å². The summed E-state index contributed by atoms with van der Waals surface area (Å²) >= 11 is 0. The van der Waals surface area contributed by atoms with Crippen LogP contribution < -0.4 is 5.32 Å². The molecule has 1 aromatic carbocycles. The zero-order valence-corrected chi connectivity index (χ0v) is 10.5. The Hall–Kier alpha value is -2.34. The molecule has 3 heteroatoms. The molecule has 1 N–H and O–H groups in total. The molecule has 2 rings (SSSR count). The molecular weight excluding hydrogens is 222 g/mol. The van der Waals surface area contributed by atoms with Crippen LogP contribution >= 0.6 is 0 Å². The Morgan fingerprint density at radius 3 is 2.78 bits per heavy atom. The smallest absolute Gasteiger partial charge is 0.127 e. The number of hydrogen-bond acceptors (Lipinski definition) is 3. The van der Waals surface area contributed by atoms with Crippen LogP contribution in [0.4, 0.5) is 5.82 Å². The minimum Gasteiger partial charge on any atom is -0.364 e. The van der Waals surface area contributed by atoms with Crippen molar-refractivity contribution >= 4 is 5.82 Å². The van der Waals surface area contributed by atoms with Gasteiger partial charge in [0.05, 0.1) is 17.7 Å². The molecule has 0 fully saturated rings. The number of pyridine rings is 1. The van der Waals surface area contributed by atoms with E-state index in [1.165, 1.54) is 11.1 Å². The average molecular weight is 237 g/mol. The maximum atomic E-state index is 8.85. The molecule has 0 bridgehead atoms. The SMILES string of the molecule is Cc1ccccc1C(C)Nc1cc(C#N)ccn1. The Morgan fingerprint density at radius 2 is 2.06 bits per heavy atom. The molecule has 3 nitrogen and oxygen atoms in total. The lowest BCUT2D eigenvalue weighted by Gasteiger charge is -2.17. The van der Waals surface area contributed by atoms with Crippen LogP contribution in [0.5, 0.6) is 0 Å². The molecule has 2 aromatic rings. The normalized spacial score (nSPS) is 11.6. The van der Waals surface area contributed by atoms with E-state index in [-0.39, 0.29) is 6.04 Å². The van der Waals surface area contributed by atoms with Gasteiger partial charge in [0.25, 0.3) is 0 Å². The first kappa shape index (κ1) is 12.1. The third-order valence-electron chi connectivity index (χ3n) is 2.91. The molecule has 1 atom stereocenters. The first-order valence-electron chi connectivity index (χ1n) is 5.89. The Bertz CT molecular complexity index is 584. The minimum absolute atomic E-state index is 0.160. The van der Waals surface area contributed by atoms with Crippen molar-refractivity contribution in [3.05, 3.63) is 59.3 Å². The van der Waals surface area contributed by atoms with Crippen LogP contribution in [0.15, 0.2) is 42.6 Å². The summed E-state index contributed by atoms with van der Waals surface area (Å²) in [6.07, 6.45) is 1.64. The zero-order valence-electron chi connectivity index (χ0n) is 10.5. The van der Waals surface area contributed by atoms with Gasteiger partial charge in [0.2, 0.25) is 0 Å². The van der Waals surface area contributed by atoms with Gasteiger partial charge in [-0.1, -0.05) is 24.3 Å². The van der Waals surface area contributed by atoms with Gasteiger partial charge in [0.1, 0.15) is 5.82 Å². The Morgan fingerprint density at radius 1 is 1.28 bits per heavy atom.